The zero-order chi connectivity index (χ0) is 16.8. The van der Waals surface area contributed by atoms with Gasteiger partial charge in [-0.1, -0.05) is 42.2 Å². The molecular formula is C19H15N3O2. The van der Waals surface area contributed by atoms with Crippen LogP contribution in [0.4, 0.5) is 0 Å². The Labute approximate surface area is 138 Å². The lowest BCUT2D eigenvalue weighted by Crippen LogP contribution is -2.29. The van der Waals surface area contributed by atoms with Gasteiger partial charge in [0.05, 0.1) is 18.3 Å². The van der Waals surface area contributed by atoms with Crippen molar-refractivity contribution >= 4 is 16.8 Å². The highest BCUT2D eigenvalue weighted by Crippen LogP contribution is 2.07. The third kappa shape index (κ3) is 3.68. The summed E-state index contributed by atoms with van der Waals surface area (Å²) in [7, 11) is 0. The summed E-state index contributed by atoms with van der Waals surface area (Å²) in [6, 6.07) is 16.7. The summed E-state index contributed by atoms with van der Waals surface area (Å²) in [5.41, 5.74) is 1.38. The molecule has 3 rings (SSSR count). The minimum atomic E-state index is -0.210. The smallest absolute Gasteiger partial charge is 0.242 e. The summed E-state index contributed by atoms with van der Waals surface area (Å²) in [6.45, 7) is 0.291. The highest BCUT2D eigenvalue weighted by molar-refractivity contribution is 5.81. The lowest BCUT2D eigenvalue weighted by molar-refractivity contribution is -0.121. The average molecular weight is 317 g/mol. The number of carbonyl (C=O) groups excluding carboxylic acids is 1. The van der Waals surface area contributed by atoms with Gasteiger partial charge in [-0.05, 0) is 24.3 Å². The van der Waals surface area contributed by atoms with E-state index < -0.39 is 0 Å². The summed E-state index contributed by atoms with van der Waals surface area (Å²) in [5.74, 6) is 5.67. The van der Waals surface area contributed by atoms with Crippen molar-refractivity contribution < 1.29 is 4.79 Å². The normalized spacial score (nSPS) is 10.0. The molecule has 5 heteroatoms. The van der Waals surface area contributed by atoms with Crippen LogP contribution in [0, 0.1) is 11.8 Å². The molecule has 5 nitrogen and oxygen atoms in total. The first kappa shape index (κ1) is 15.5. The van der Waals surface area contributed by atoms with Crippen LogP contribution in [0.3, 0.4) is 0 Å². The summed E-state index contributed by atoms with van der Waals surface area (Å²) in [6.07, 6.45) is 1.23. The first-order chi connectivity index (χ1) is 11.7. The topological polar surface area (TPSA) is 64.0 Å². The van der Waals surface area contributed by atoms with Crippen LogP contribution in [0.15, 0.2) is 65.6 Å². The van der Waals surface area contributed by atoms with E-state index in [0.29, 0.717) is 10.9 Å². The number of fused-ring (bicyclic) bond motifs is 1. The standard InChI is InChI=1S/C19H15N3O2/c23-18-13-21-22(17-11-5-4-10-16(17)18)14-19(24)20-12-6-9-15-7-2-1-3-8-15/h1-5,7-8,10-11,13H,12,14H2,(H,20,24). The molecule has 2 aromatic carbocycles. The molecule has 0 bridgehead atoms. The van der Waals surface area contributed by atoms with E-state index in [1.165, 1.54) is 10.9 Å². The van der Waals surface area contributed by atoms with Crippen molar-refractivity contribution in [1.82, 2.24) is 15.1 Å². The number of nitrogens with one attached hydrogen (secondary N) is 1. The Bertz CT molecular complexity index is 982. The second-order valence-corrected chi connectivity index (χ2v) is 5.13. The summed E-state index contributed by atoms with van der Waals surface area (Å²) in [5, 5.41) is 7.30. The molecule has 0 atom stereocenters. The second-order valence-electron chi connectivity index (χ2n) is 5.13. The third-order valence-corrected chi connectivity index (χ3v) is 3.44. The van der Waals surface area contributed by atoms with Crippen LogP contribution >= 0.6 is 0 Å². The van der Waals surface area contributed by atoms with Crippen molar-refractivity contribution in [2.75, 3.05) is 6.54 Å². The van der Waals surface area contributed by atoms with Gasteiger partial charge in [0, 0.05) is 10.9 Å². The number of rotatable bonds is 3. The summed E-state index contributed by atoms with van der Waals surface area (Å²) < 4.78 is 1.51. The number of benzene rings is 2. The number of hydrogen-bond acceptors (Lipinski definition) is 3. The van der Waals surface area contributed by atoms with E-state index in [9.17, 15) is 9.59 Å². The Morgan fingerprint density at radius 1 is 1.08 bits per heavy atom. The van der Waals surface area contributed by atoms with Crippen molar-refractivity contribution in [1.29, 1.82) is 0 Å². The van der Waals surface area contributed by atoms with Gasteiger partial charge in [0.1, 0.15) is 6.54 Å². The van der Waals surface area contributed by atoms with E-state index >= 15 is 0 Å². The van der Waals surface area contributed by atoms with Crippen LogP contribution < -0.4 is 10.7 Å². The number of hydrogen-bond donors (Lipinski definition) is 1. The Balaban J connectivity index is 1.65. The van der Waals surface area contributed by atoms with Gasteiger partial charge in [-0.15, -0.1) is 0 Å². The van der Waals surface area contributed by atoms with E-state index in [0.717, 1.165) is 5.56 Å². The number of amides is 1. The molecule has 24 heavy (non-hydrogen) atoms. The van der Waals surface area contributed by atoms with Gasteiger partial charge in [-0.2, -0.15) is 5.10 Å². The first-order valence-electron chi connectivity index (χ1n) is 7.49. The molecule has 0 fully saturated rings. The lowest BCUT2D eigenvalue weighted by atomic mass is 10.2. The Kier molecular flexibility index (Phi) is 4.68. The van der Waals surface area contributed by atoms with Gasteiger partial charge in [-0.25, -0.2) is 0 Å². The zero-order valence-electron chi connectivity index (χ0n) is 12.9. The minimum Gasteiger partial charge on any atom is -0.344 e. The molecule has 1 N–H and O–H groups in total. The Morgan fingerprint density at radius 2 is 1.83 bits per heavy atom. The predicted molar refractivity (Wildman–Crippen MR) is 92.3 cm³/mol. The molecule has 1 heterocycles. The van der Waals surface area contributed by atoms with Crippen LogP contribution in [0.2, 0.25) is 0 Å². The minimum absolute atomic E-state index is 0.0355. The maximum absolute atomic E-state index is 12.0. The maximum Gasteiger partial charge on any atom is 0.242 e. The molecule has 118 valence electrons. The molecule has 0 aliphatic rings. The van der Waals surface area contributed by atoms with Crippen molar-refractivity contribution in [3.05, 3.63) is 76.6 Å². The van der Waals surface area contributed by atoms with Gasteiger partial charge in [0.15, 0.2) is 0 Å². The van der Waals surface area contributed by atoms with Crippen molar-refractivity contribution in [2.24, 2.45) is 0 Å². The number of para-hydroxylation sites is 1. The molecule has 0 aliphatic carbocycles. The second kappa shape index (κ2) is 7.25. The van der Waals surface area contributed by atoms with Crippen LogP contribution in [0.25, 0.3) is 10.9 Å². The first-order valence-corrected chi connectivity index (χ1v) is 7.49. The molecular weight excluding hydrogens is 302 g/mol. The number of aromatic nitrogens is 2. The molecule has 0 aliphatic heterocycles. The summed E-state index contributed by atoms with van der Waals surface area (Å²) in [4.78, 5) is 23.8. The highest BCUT2D eigenvalue weighted by Gasteiger charge is 2.06. The van der Waals surface area contributed by atoms with Crippen molar-refractivity contribution in [2.45, 2.75) is 6.54 Å². The fraction of sp³-hybridized carbons (Fsp3) is 0.105. The van der Waals surface area contributed by atoms with Gasteiger partial charge < -0.3 is 5.32 Å². The fourth-order valence-electron chi connectivity index (χ4n) is 2.29. The quantitative estimate of drug-likeness (QED) is 0.746. The third-order valence-electron chi connectivity index (χ3n) is 3.44. The summed E-state index contributed by atoms with van der Waals surface area (Å²) >= 11 is 0. The molecule has 0 saturated heterocycles. The van der Waals surface area contributed by atoms with Crippen molar-refractivity contribution in [3.63, 3.8) is 0 Å². The van der Waals surface area contributed by atoms with Crippen LogP contribution in [0.1, 0.15) is 5.56 Å². The average Bonchev–Trinajstić information content (AvgIpc) is 2.62. The molecule has 1 aromatic heterocycles. The van der Waals surface area contributed by atoms with E-state index in [1.54, 1.807) is 18.2 Å². The lowest BCUT2D eigenvalue weighted by Gasteiger charge is -2.08. The fourth-order valence-corrected chi connectivity index (χ4v) is 2.29. The van der Waals surface area contributed by atoms with E-state index in [-0.39, 0.29) is 24.4 Å². The van der Waals surface area contributed by atoms with E-state index in [1.807, 2.05) is 36.4 Å². The Hall–Kier alpha value is -3.39. The van der Waals surface area contributed by atoms with Gasteiger partial charge in [-0.3, -0.25) is 14.3 Å². The van der Waals surface area contributed by atoms with Gasteiger partial charge in [0.2, 0.25) is 11.3 Å². The SMILES string of the molecule is O=C(Cn1ncc(=O)c2ccccc21)NCC#Cc1ccccc1. The predicted octanol–water partition coefficient (Wildman–Crippen LogP) is 1.56. The van der Waals surface area contributed by atoms with Crippen LogP contribution in [0.5, 0.6) is 0 Å². The monoisotopic (exact) mass is 317 g/mol. The number of nitrogens with zero attached hydrogens (tertiary/aromatic N) is 2. The van der Waals surface area contributed by atoms with Crippen LogP contribution in [-0.4, -0.2) is 22.2 Å². The molecule has 0 unspecified atom stereocenters. The molecule has 0 saturated carbocycles. The van der Waals surface area contributed by atoms with Crippen molar-refractivity contribution in [3.8, 4) is 11.8 Å². The van der Waals surface area contributed by atoms with Gasteiger partial charge in [0.25, 0.3) is 0 Å². The highest BCUT2D eigenvalue weighted by atomic mass is 16.2. The largest absolute Gasteiger partial charge is 0.344 e. The Morgan fingerprint density at radius 3 is 2.67 bits per heavy atom. The van der Waals surface area contributed by atoms with Crippen LogP contribution in [-0.2, 0) is 11.3 Å². The zero-order valence-corrected chi connectivity index (χ0v) is 12.9. The number of carbonyl (C=O) groups is 1. The van der Waals surface area contributed by atoms with E-state index in [4.69, 9.17) is 0 Å². The molecule has 0 spiro atoms. The maximum atomic E-state index is 12.0. The van der Waals surface area contributed by atoms with E-state index in [2.05, 4.69) is 22.3 Å². The molecule has 1 amide bonds. The molecule has 0 radical (unpaired) electrons. The molecule has 3 aromatic rings. The van der Waals surface area contributed by atoms with Gasteiger partial charge >= 0.3 is 0 Å².